The molecule has 0 spiro atoms. The fourth-order valence-electron chi connectivity index (χ4n) is 2.12. The van der Waals surface area contributed by atoms with Crippen LogP contribution in [0.3, 0.4) is 0 Å². The molecule has 1 amide bonds. The Morgan fingerprint density at radius 1 is 1.04 bits per heavy atom. The monoisotopic (exact) mass is 322 g/mol. The number of anilines is 1. The van der Waals surface area contributed by atoms with E-state index >= 15 is 0 Å². The third-order valence-corrected chi connectivity index (χ3v) is 3.29. The number of carbonyl (C=O) groups is 2. The zero-order chi connectivity index (χ0) is 16.9. The van der Waals surface area contributed by atoms with Gasteiger partial charge in [-0.15, -0.1) is 5.10 Å². The van der Waals surface area contributed by atoms with E-state index in [1.165, 1.54) is 18.1 Å². The van der Waals surface area contributed by atoms with Crippen LogP contribution in [0.15, 0.2) is 60.8 Å². The molecule has 0 saturated heterocycles. The molecule has 1 N–H and O–H groups in total. The molecule has 7 heteroatoms. The summed E-state index contributed by atoms with van der Waals surface area (Å²) in [6, 6.07) is 15.8. The van der Waals surface area contributed by atoms with Crippen LogP contribution in [0.2, 0.25) is 0 Å². The molecule has 7 nitrogen and oxygen atoms in total. The number of para-hydroxylation sites is 2. The van der Waals surface area contributed by atoms with Crippen LogP contribution < -0.4 is 5.32 Å². The summed E-state index contributed by atoms with van der Waals surface area (Å²) in [4.78, 5) is 25.4. The van der Waals surface area contributed by atoms with Crippen molar-refractivity contribution >= 4 is 17.6 Å². The molecule has 24 heavy (non-hydrogen) atoms. The van der Waals surface area contributed by atoms with Crippen molar-refractivity contribution in [3.05, 3.63) is 72.1 Å². The zero-order valence-corrected chi connectivity index (χ0v) is 12.8. The van der Waals surface area contributed by atoms with Gasteiger partial charge in [0.05, 0.1) is 30.2 Å². The number of aromatic nitrogens is 3. The lowest BCUT2D eigenvalue weighted by Gasteiger charge is -2.08. The third-order valence-electron chi connectivity index (χ3n) is 3.29. The smallest absolute Gasteiger partial charge is 0.339 e. The van der Waals surface area contributed by atoms with Crippen LogP contribution in [-0.2, 0) is 4.74 Å². The molecule has 1 heterocycles. The van der Waals surface area contributed by atoms with Crippen LogP contribution in [0.5, 0.6) is 0 Å². The Bertz CT molecular complexity index is 874. The van der Waals surface area contributed by atoms with Gasteiger partial charge in [-0.25, -0.2) is 4.79 Å². The minimum absolute atomic E-state index is 0.138. The highest BCUT2D eigenvalue weighted by Gasteiger charge is 2.16. The summed E-state index contributed by atoms with van der Waals surface area (Å²) in [7, 11) is 1.28. The maximum Gasteiger partial charge on any atom is 0.339 e. The lowest BCUT2D eigenvalue weighted by atomic mass is 10.2. The molecule has 1 aromatic heterocycles. The molecule has 0 unspecified atom stereocenters. The normalized spacial score (nSPS) is 10.2. The summed E-state index contributed by atoms with van der Waals surface area (Å²) in [6.07, 6.45) is 1.36. The van der Waals surface area contributed by atoms with Crippen molar-refractivity contribution in [2.75, 3.05) is 12.4 Å². The van der Waals surface area contributed by atoms with Gasteiger partial charge in [0.25, 0.3) is 5.91 Å². The molecular formula is C17H14N4O3. The fourth-order valence-corrected chi connectivity index (χ4v) is 2.12. The first kappa shape index (κ1) is 15.4. The molecule has 0 saturated carbocycles. The van der Waals surface area contributed by atoms with Gasteiger partial charge in [-0.3, -0.25) is 4.79 Å². The number of esters is 1. The molecule has 3 aromatic rings. The molecule has 120 valence electrons. The number of amides is 1. The van der Waals surface area contributed by atoms with E-state index < -0.39 is 11.9 Å². The van der Waals surface area contributed by atoms with Crippen molar-refractivity contribution in [3.8, 4) is 5.69 Å². The minimum atomic E-state index is -0.529. The highest BCUT2D eigenvalue weighted by Crippen LogP contribution is 2.17. The lowest BCUT2D eigenvalue weighted by molar-refractivity contribution is 0.0602. The van der Waals surface area contributed by atoms with Gasteiger partial charge >= 0.3 is 5.97 Å². The summed E-state index contributed by atoms with van der Waals surface area (Å²) in [5, 5.41) is 10.9. The lowest BCUT2D eigenvalue weighted by Crippen LogP contribution is -2.16. The van der Waals surface area contributed by atoms with Crippen LogP contribution in [0.25, 0.3) is 5.69 Å². The number of benzene rings is 2. The van der Waals surface area contributed by atoms with Gasteiger partial charge in [0.15, 0.2) is 5.69 Å². The second-order valence-corrected chi connectivity index (χ2v) is 4.85. The van der Waals surface area contributed by atoms with Crippen LogP contribution in [0, 0.1) is 0 Å². The number of hydrogen-bond donors (Lipinski definition) is 1. The van der Waals surface area contributed by atoms with Gasteiger partial charge in [0.1, 0.15) is 0 Å². The Hall–Kier alpha value is -3.48. The van der Waals surface area contributed by atoms with Crippen molar-refractivity contribution in [2.45, 2.75) is 0 Å². The predicted molar refractivity (Wildman–Crippen MR) is 87.1 cm³/mol. The predicted octanol–water partition coefficient (Wildman–Crippen LogP) is 2.31. The minimum Gasteiger partial charge on any atom is -0.465 e. The van der Waals surface area contributed by atoms with Gasteiger partial charge in [-0.05, 0) is 24.3 Å². The van der Waals surface area contributed by atoms with Crippen molar-refractivity contribution in [2.24, 2.45) is 0 Å². The van der Waals surface area contributed by atoms with E-state index in [1.54, 1.807) is 24.3 Å². The van der Waals surface area contributed by atoms with Crippen molar-refractivity contribution in [1.29, 1.82) is 0 Å². The largest absolute Gasteiger partial charge is 0.465 e. The quantitative estimate of drug-likeness (QED) is 0.745. The molecule has 0 aliphatic heterocycles. The Morgan fingerprint density at radius 3 is 2.50 bits per heavy atom. The summed E-state index contributed by atoms with van der Waals surface area (Å²) < 4.78 is 4.70. The SMILES string of the molecule is COC(=O)c1ccccc1NC(=O)c1cnn(-c2ccccc2)n1. The molecule has 0 atom stereocenters. The molecule has 2 aromatic carbocycles. The average Bonchev–Trinajstić information content (AvgIpc) is 3.12. The zero-order valence-electron chi connectivity index (χ0n) is 12.8. The van der Waals surface area contributed by atoms with Crippen molar-refractivity contribution in [1.82, 2.24) is 15.0 Å². The van der Waals surface area contributed by atoms with E-state index in [9.17, 15) is 9.59 Å². The van der Waals surface area contributed by atoms with E-state index in [-0.39, 0.29) is 11.3 Å². The Labute approximate surface area is 137 Å². The van der Waals surface area contributed by atoms with Gasteiger partial charge < -0.3 is 10.1 Å². The third kappa shape index (κ3) is 3.14. The van der Waals surface area contributed by atoms with Crippen LogP contribution >= 0.6 is 0 Å². The summed E-state index contributed by atoms with van der Waals surface area (Å²) >= 11 is 0. The Balaban J connectivity index is 1.82. The molecule has 0 radical (unpaired) electrons. The van der Waals surface area contributed by atoms with E-state index in [2.05, 4.69) is 15.5 Å². The van der Waals surface area contributed by atoms with Crippen LogP contribution in [0.4, 0.5) is 5.69 Å². The van der Waals surface area contributed by atoms with Gasteiger partial charge in [-0.2, -0.15) is 9.90 Å². The first-order chi connectivity index (χ1) is 11.7. The Morgan fingerprint density at radius 2 is 1.75 bits per heavy atom. The van der Waals surface area contributed by atoms with Gasteiger partial charge in [0, 0.05) is 0 Å². The van der Waals surface area contributed by atoms with Crippen LogP contribution in [0.1, 0.15) is 20.8 Å². The molecule has 0 aliphatic carbocycles. The first-order valence-corrected chi connectivity index (χ1v) is 7.15. The second-order valence-electron chi connectivity index (χ2n) is 4.85. The van der Waals surface area contributed by atoms with Crippen LogP contribution in [-0.4, -0.2) is 34.0 Å². The van der Waals surface area contributed by atoms with E-state index in [0.717, 1.165) is 5.69 Å². The molecular weight excluding hydrogens is 308 g/mol. The number of carbonyl (C=O) groups excluding carboxylic acids is 2. The molecule has 0 bridgehead atoms. The maximum absolute atomic E-state index is 12.3. The van der Waals surface area contributed by atoms with E-state index in [0.29, 0.717) is 5.69 Å². The molecule has 0 aliphatic rings. The van der Waals surface area contributed by atoms with E-state index in [1.807, 2.05) is 30.3 Å². The Kier molecular flexibility index (Phi) is 4.33. The summed E-state index contributed by atoms with van der Waals surface area (Å²) in [5.74, 6) is -0.993. The van der Waals surface area contributed by atoms with Gasteiger partial charge in [0.2, 0.25) is 0 Å². The van der Waals surface area contributed by atoms with E-state index in [4.69, 9.17) is 4.74 Å². The average molecular weight is 322 g/mol. The number of ether oxygens (including phenoxy) is 1. The molecule has 3 rings (SSSR count). The van der Waals surface area contributed by atoms with Gasteiger partial charge in [-0.1, -0.05) is 30.3 Å². The van der Waals surface area contributed by atoms with Crippen molar-refractivity contribution < 1.29 is 14.3 Å². The second kappa shape index (κ2) is 6.74. The molecule has 0 fully saturated rings. The highest BCUT2D eigenvalue weighted by molar-refractivity contribution is 6.06. The summed E-state index contributed by atoms with van der Waals surface area (Å²) in [5.41, 5.74) is 1.50. The maximum atomic E-state index is 12.3. The number of nitrogens with one attached hydrogen (secondary N) is 1. The fraction of sp³-hybridized carbons (Fsp3) is 0.0588. The number of rotatable bonds is 4. The topological polar surface area (TPSA) is 86.1 Å². The number of nitrogens with zero attached hydrogens (tertiary/aromatic N) is 3. The van der Waals surface area contributed by atoms with Crippen molar-refractivity contribution in [3.63, 3.8) is 0 Å². The summed E-state index contributed by atoms with van der Waals surface area (Å²) in [6.45, 7) is 0. The highest BCUT2D eigenvalue weighted by atomic mass is 16.5. The first-order valence-electron chi connectivity index (χ1n) is 7.15. The number of hydrogen-bond acceptors (Lipinski definition) is 5. The standard InChI is InChI=1S/C17H14N4O3/c1-24-17(23)13-9-5-6-10-14(13)19-16(22)15-11-18-21(20-15)12-7-3-2-4-8-12/h2-11H,1H3,(H,19,22). The number of methoxy groups -OCH3 is 1.